The van der Waals surface area contributed by atoms with Crippen LogP contribution in [-0.2, 0) is 27.5 Å². The second-order valence-corrected chi connectivity index (χ2v) is 10.2. The number of piperazine rings is 1. The van der Waals surface area contributed by atoms with Crippen molar-refractivity contribution in [3.63, 3.8) is 0 Å². The summed E-state index contributed by atoms with van der Waals surface area (Å²) in [4.78, 5) is 13.1. The number of anilines is 2. The summed E-state index contributed by atoms with van der Waals surface area (Å²) < 4.78 is 0. The number of nitrogens with two attached hydrogens (primary N) is 1. The molecule has 6 nitrogen and oxygen atoms in total. The second kappa shape index (κ2) is 12.3. The molecule has 0 spiro atoms. The minimum atomic E-state index is 0. The quantitative estimate of drug-likeness (QED) is 0.156. The molecular weight excluding hydrogens is 587 g/mol. The van der Waals surface area contributed by atoms with E-state index in [4.69, 9.17) is 16.1 Å². The first-order valence-corrected chi connectivity index (χ1v) is 12.7. The first kappa shape index (κ1) is 27.0. The van der Waals surface area contributed by atoms with Crippen molar-refractivity contribution in [1.29, 1.82) is 5.41 Å². The van der Waals surface area contributed by atoms with E-state index >= 15 is 0 Å². The number of nitrogens with zero attached hydrogens (tertiary/aromatic N) is 3. The third-order valence-electron chi connectivity index (χ3n) is 5.98. The van der Waals surface area contributed by atoms with Crippen LogP contribution in [0.3, 0.4) is 0 Å². The predicted octanol–water partition coefficient (Wildman–Crippen LogP) is 4.61. The van der Waals surface area contributed by atoms with Gasteiger partial charge in [0.05, 0.1) is 11.4 Å². The number of aromatic nitrogens is 2. The van der Waals surface area contributed by atoms with Gasteiger partial charge in [-0.05, 0) is 30.0 Å². The average molecular weight is 625 g/mol. The van der Waals surface area contributed by atoms with Crippen LogP contribution in [0.2, 0.25) is 0 Å². The van der Waals surface area contributed by atoms with Crippen LogP contribution in [0.25, 0.3) is 11.3 Å². The molecule has 176 valence electrons. The fourth-order valence-corrected chi connectivity index (χ4v) is 5.11. The molecule has 1 saturated heterocycles. The second-order valence-electron chi connectivity index (χ2n) is 9.32. The molecule has 1 aromatic carbocycles. The predicted molar refractivity (Wildman–Crippen MR) is 136 cm³/mol. The van der Waals surface area contributed by atoms with Gasteiger partial charge in [0.1, 0.15) is 5.82 Å². The molecule has 0 saturated carbocycles. The minimum Gasteiger partial charge on any atom is -0.398 e. The number of aromatic amines is 1. The van der Waals surface area contributed by atoms with Crippen LogP contribution in [0, 0.1) is 17.5 Å². The zero-order chi connectivity index (χ0) is 22.4. The molecule has 0 bridgehead atoms. The van der Waals surface area contributed by atoms with Crippen molar-refractivity contribution in [3.8, 4) is 11.3 Å². The van der Waals surface area contributed by atoms with E-state index in [9.17, 15) is 0 Å². The number of nitrogen functional groups attached to an aromatic ring is 1. The number of hydrogen-bond acceptors (Lipinski definition) is 5. The Bertz CT molecular complexity index is 873. The molecule has 0 radical (unpaired) electrons. The molecule has 2 heterocycles. The number of rotatable bonds is 10. The van der Waals surface area contributed by atoms with Gasteiger partial charge in [0, 0.05) is 83.4 Å². The molecular formula is C24H38N6PW-. The number of imidazole rings is 1. The van der Waals surface area contributed by atoms with Crippen LogP contribution in [-0.4, -0.2) is 60.0 Å². The molecule has 1 unspecified atom stereocenters. The molecule has 4 N–H and O–H groups in total. The number of nitrogens with one attached hydrogen (secondary N) is 2. The van der Waals surface area contributed by atoms with Crippen LogP contribution in [0.15, 0.2) is 18.2 Å². The summed E-state index contributed by atoms with van der Waals surface area (Å²) in [5, 5.41) is 7.81. The summed E-state index contributed by atoms with van der Waals surface area (Å²) in [6, 6.07) is 6.23. The van der Waals surface area contributed by atoms with Crippen molar-refractivity contribution in [3.05, 3.63) is 36.4 Å². The summed E-state index contributed by atoms with van der Waals surface area (Å²) in [5.41, 5.74) is 11.0. The number of H-pyrrole nitrogens is 1. The summed E-state index contributed by atoms with van der Waals surface area (Å²) in [6.45, 7) is 16.2. The van der Waals surface area contributed by atoms with Crippen molar-refractivity contribution in [2.24, 2.45) is 5.41 Å². The molecule has 32 heavy (non-hydrogen) atoms. The van der Waals surface area contributed by atoms with Crippen molar-refractivity contribution in [2.45, 2.75) is 40.0 Å². The van der Waals surface area contributed by atoms with Gasteiger partial charge in [-0.15, -0.1) is 0 Å². The Hall–Kier alpha value is -1.22. The van der Waals surface area contributed by atoms with Gasteiger partial charge in [-0.1, -0.05) is 33.4 Å². The summed E-state index contributed by atoms with van der Waals surface area (Å²) in [5.74, 6) is 0.930. The Kier molecular flexibility index (Phi) is 10.4. The SMILES string of the molecule is [CH2-]PCC(C)(C)CN1CCN(c2ccc(N)c(-c3nc(CCCC)[nH]c3C=N)c2)CC1.[W]. The molecule has 3 rings (SSSR count). The van der Waals surface area contributed by atoms with Gasteiger partial charge in [0.15, 0.2) is 0 Å². The molecule has 0 aliphatic carbocycles. The standard InChI is InChI=1S/C24H38N6P.W/c1-5-6-7-22-27-21(15-25)23(28-22)19-14-18(8-9-20(19)26)30-12-10-29(11-13-30)16-24(2,3)17-31-4;/h8-9,14-15,25,31H,4-7,10-13,16-17,26H2,1-3H3,(H,27,28);/q-1;. The maximum absolute atomic E-state index is 7.81. The van der Waals surface area contributed by atoms with Crippen LogP contribution < -0.4 is 10.6 Å². The van der Waals surface area contributed by atoms with Gasteiger partial charge in [-0.2, -0.15) is 0 Å². The van der Waals surface area contributed by atoms with Crippen LogP contribution in [0.5, 0.6) is 0 Å². The van der Waals surface area contributed by atoms with E-state index in [1.54, 1.807) is 0 Å². The Labute approximate surface area is 209 Å². The summed E-state index contributed by atoms with van der Waals surface area (Å²) in [7, 11) is 0.763. The van der Waals surface area contributed by atoms with Gasteiger partial charge in [0.25, 0.3) is 0 Å². The molecule has 1 aliphatic rings. The zero-order valence-electron chi connectivity index (χ0n) is 19.7. The number of aryl methyl sites for hydroxylation is 1. The molecule has 0 amide bonds. The monoisotopic (exact) mass is 625 g/mol. The number of unbranched alkanes of at least 4 members (excludes halogenated alkanes) is 1. The van der Waals surface area contributed by atoms with E-state index in [2.05, 4.69) is 54.4 Å². The van der Waals surface area contributed by atoms with Gasteiger partial charge in [-0.3, -0.25) is 13.5 Å². The minimum absolute atomic E-state index is 0. The topological polar surface area (TPSA) is 85.0 Å². The number of hydrogen-bond donors (Lipinski definition) is 3. The Balaban J connectivity index is 0.00000363. The third-order valence-corrected chi connectivity index (χ3v) is 7.18. The van der Waals surface area contributed by atoms with Crippen LogP contribution in [0.1, 0.15) is 45.1 Å². The van der Waals surface area contributed by atoms with Crippen molar-refractivity contribution in [1.82, 2.24) is 14.9 Å². The van der Waals surface area contributed by atoms with Crippen LogP contribution >= 0.6 is 8.58 Å². The maximum atomic E-state index is 7.81. The summed E-state index contributed by atoms with van der Waals surface area (Å²) in [6.07, 6.45) is 5.62. The fourth-order valence-electron chi connectivity index (χ4n) is 4.32. The average Bonchev–Trinajstić information content (AvgIpc) is 3.16. The van der Waals surface area contributed by atoms with E-state index in [0.717, 1.165) is 83.3 Å². The molecule has 1 aromatic heterocycles. The van der Waals surface area contributed by atoms with E-state index in [1.807, 2.05) is 6.07 Å². The van der Waals surface area contributed by atoms with Crippen molar-refractivity contribution >= 4 is 26.2 Å². The zero-order valence-corrected chi connectivity index (χ0v) is 23.6. The fraction of sp³-hybridized carbons (Fsp3) is 0.542. The Morgan fingerprint density at radius 3 is 2.62 bits per heavy atom. The molecule has 2 aromatic rings. The van der Waals surface area contributed by atoms with E-state index in [0.29, 0.717) is 11.1 Å². The molecule has 1 fully saturated rings. The summed E-state index contributed by atoms with van der Waals surface area (Å²) >= 11 is 0. The third kappa shape index (κ3) is 6.89. The van der Waals surface area contributed by atoms with Gasteiger partial charge >= 0.3 is 0 Å². The largest absolute Gasteiger partial charge is 0.398 e. The van der Waals surface area contributed by atoms with Gasteiger partial charge in [-0.25, -0.2) is 4.98 Å². The van der Waals surface area contributed by atoms with Gasteiger partial charge in [0.2, 0.25) is 0 Å². The van der Waals surface area contributed by atoms with Crippen LogP contribution in [0.4, 0.5) is 11.4 Å². The maximum Gasteiger partial charge on any atom is 0.107 e. The van der Waals surface area contributed by atoms with E-state index < -0.39 is 0 Å². The van der Waals surface area contributed by atoms with Gasteiger partial charge < -0.3 is 27.7 Å². The normalized spacial score (nSPS) is 15.3. The molecule has 1 aliphatic heterocycles. The Morgan fingerprint density at radius 2 is 2.00 bits per heavy atom. The van der Waals surface area contributed by atoms with E-state index in [-0.39, 0.29) is 21.1 Å². The van der Waals surface area contributed by atoms with Crippen molar-refractivity contribution < 1.29 is 21.1 Å². The smallest absolute Gasteiger partial charge is 0.107 e. The number of benzene rings is 1. The Morgan fingerprint density at radius 1 is 1.28 bits per heavy atom. The first-order valence-electron chi connectivity index (χ1n) is 11.3. The molecule has 8 heteroatoms. The first-order chi connectivity index (χ1) is 14.9. The van der Waals surface area contributed by atoms with E-state index in [1.165, 1.54) is 18.1 Å². The molecule has 1 atom stereocenters. The van der Waals surface area contributed by atoms with Crippen molar-refractivity contribution in [2.75, 3.05) is 49.5 Å².